The van der Waals surface area contributed by atoms with Crippen LogP contribution in [-0.4, -0.2) is 45.9 Å². The molecule has 164 valence electrons. The van der Waals surface area contributed by atoms with Gasteiger partial charge in [-0.25, -0.2) is 4.79 Å². The third kappa shape index (κ3) is 6.94. The topological polar surface area (TPSA) is 57.6 Å². The van der Waals surface area contributed by atoms with Crippen molar-refractivity contribution in [1.29, 1.82) is 0 Å². The maximum Gasteiger partial charge on any atom is 0.322 e. The van der Waals surface area contributed by atoms with Crippen molar-refractivity contribution in [2.45, 2.75) is 47.1 Å². The average Bonchev–Trinajstić information content (AvgIpc) is 3.10. The summed E-state index contributed by atoms with van der Waals surface area (Å²) in [5.41, 5.74) is 2.85. The molecule has 1 heterocycles. The molecule has 2 rings (SSSR count). The fourth-order valence-corrected chi connectivity index (χ4v) is 3.33. The van der Waals surface area contributed by atoms with Crippen molar-refractivity contribution >= 4 is 17.6 Å². The Kier molecular flexibility index (Phi) is 8.96. The minimum Gasteiger partial charge on any atom is -0.353 e. The van der Waals surface area contributed by atoms with E-state index in [0.717, 1.165) is 29.8 Å². The Morgan fingerprint density at radius 2 is 1.83 bits per heavy atom. The second-order valence-corrected chi connectivity index (χ2v) is 8.30. The number of nitrogens with zero attached hydrogens (tertiary/aromatic N) is 3. The predicted molar refractivity (Wildman–Crippen MR) is 122 cm³/mol. The van der Waals surface area contributed by atoms with E-state index < -0.39 is 0 Å². The van der Waals surface area contributed by atoms with Gasteiger partial charge >= 0.3 is 6.03 Å². The zero-order valence-electron chi connectivity index (χ0n) is 19.0. The van der Waals surface area contributed by atoms with Gasteiger partial charge in [-0.05, 0) is 43.0 Å². The number of benzene rings is 1. The summed E-state index contributed by atoms with van der Waals surface area (Å²) in [5.74, 6) is 0.239. The van der Waals surface area contributed by atoms with Crippen LogP contribution in [0.4, 0.5) is 10.5 Å². The summed E-state index contributed by atoms with van der Waals surface area (Å²) in [6.45, 7) is 10.0. The molecule has 30 heavy (non-hydrogen) atoms. The molecule has 0 bridgehead atoms. The SMILES string of the molecule is CCCCN(Cc1cccn1C)C(=O)CN(CC(C)C)C(=O)Nc1ccccc1C. The van der Waals surface area contributed by atoms with Crippen molar-refractivity contribution in [3.05, 3.63) is 53.9 Å². The van der Waals surface area contributed by atoms with Gasteiger partial charge in [0.05, 0.1) is 6.54 Å². The molecule has 2 aromatic rings. The number of carbonyl (C=O) groups excluding carboxylic acids is 2. The molecule has 0 unspecified atom stereocenters. The van der Waals surface area contributed by atoms with Crippen LogP contribution in [0.3, 0.4) is 0 Å². The molecule has 0 aliphatic heterocycles. The predicted octanol–water partition coefficient (Wildman–Crippen LogP) is 4.65. The first-order valence-corrected chi connectivity index (χ1v) is 10.8. The number of rotatable bonds is 10. The lowest BCUT2D eigenvalue weighted by Gasteiger charge is -2.29. The molecule has 0 saturated carbocycles. The molecule has 3 amide bonds. The van der Waals surface area contributed by atoms with Gasteiger partial charge in [0, 0.05) is 37.7 Å². The van der Waals surface area contributed by atoms with Crippen molar-refractivity contribution in [2.75, 3.05) is 25.0 Å². The molecule has 1 N–H and O–H groups in total. The van der Waals surface area contributed by atoms with Gasteiger partial charge in [0.25, 0.3) is 0 Å². The number of aryl methyl sites for hydroxylation is 2. The van der Waals surface area contributed by atoms with E-state index in [2.05, 4.69) is 26.1 Å². The van der Waals surface area contributed by atoms with Gasteiger partial charge in [-0.2, -0.15) is 0 Å². The summed E-state index contributed by atoms with van der Waals surface area (Å²) in [4.78, 5) is 29.7. The molecule has 0 spiro atoms. The van der Waals surface area contributed by atoms with E-state index in [-0.39, 0.29) is 24.4 Å². The van der Waals surface area contributed by atoms with E-state index in [1.54, 1.807) is 4.90 Å². The Labute approximate surface area is 180 Å². The number of nitrogens with one attached hydrogen (secondary N) is 1. The minimum absolute atomic E-state index is 0.0229. The Morgan fingerprint density at radius 3 is 2.43 bits per heavy atom. The summed E-state index contributed by atoms with van der Waals surface area (Å²) in [7, 11) is 1.98. The van der Waals surface area contributed by atoms with Crippen LogP contribution in [0.15, 0.2) is 42.6 Å². The highest BCUT2D eigenvalue weighted by Crippen LogP contribution is 2.15. The largest absolute Gasteiger partial charge is 0.353 e. The normalized spacial score (nSPS) is 10.9. The smallest absolute Gasteiger partial charge is 0.322 e. The van der Waals surface area contributed by atoms with E-state index in [9.17, 15) is 9.59 Å². The highest BCUT2D eigenvalue weighted by molar-refractivity contribution is 5.93. The monoisotopic (exact) mass is 412 g/mol. The average molecular weight is 413 g/mol. The number of para-hydroxylation sites is 1. The molecule has 6 heteroatoms. The zero-order valence-corrected chi connectivity index (χ0v) is 19.0. The number of carbonyl (C=O) groups is 2. The molecule has 1 aromatic carbocycles. The van der Waals surface area contributed by atoms with Crippen molar-refractivity contribution in [2.24, 2.45) is 13.0 Å². The van der Waals surface area contributed by atoms with Crippen LogP contribution >= 0.6 is 0 Å². The highest BCUT2D eigenvalue weighted by Gasteiger charge is 2.23. The van der Waals surface area contributed by atoms with E-state index in [1.807, 2.05) is 66.0 Å². The third-order valence-corrected chi connectivity index (χ3v) is 5.12. The maximum absolute atomic E-state index is 13.2. The molecule has 0 fully saturated rings. The number of anilines is 1. The first-order valence-electron chi connectivity index (χ1n) is 10.8. The lowest BCUT2D eigenvalue weighted by molar-refractivity contribution is -0.132. The molecule has 6 nitrogen and oxygen atoms in total. The first-order chi connectivity index (χ1) is 14.3. The fourth-order valence-electron chi connectivity index (χ4n) is 3.33. The van der Waals surface area contributed by atoms with Crippen molar-refractivity contribution in [3.8, 4) is 0 Å². The Morgan fingerprint density at radius 1 is 1.10 bits per heavy atom. The summed E-state index contributed by atoms with van der Waals surface area (Å²) in [6, 6.07) is 11.5. The van der Waals surface area contributed by atoms with Crippen LogP contribution in [0.2, 0.25) is 0 Å². The lowest BCUT2D eigenvalue weighted by atomic mass is 10.2. The molecule has 0 aliphatic carbocycles. The second kappa shape index (κ2) is 11.4. The van der Waals surface area contributed by atoms with Gasteiger partial charge in [-0.15, -0.1) is 0 Å². The first kappa shape index (κ1) is 23.5. The summed E-state index contributed by atoms with van der Waals surface area (Å²) in [5, 5.41) is 2.97. The van der Waals surface area contributed by atoms with Crippen LogP contribution < -0.4 is 5.32 Å². The third-order valence-electron chi connectivity index (χ3n) is 5.12. The van der Waals surface area contributed by atoms with Crippen LogP contribution in [0.25, 0.3) is 0 Å². The van der Waals surface area contributed by atoms with Crippen molar-refractivity contribution in [1.82, 2.24) is 14.4 Å². The van der Waals surface area contributed by atoms with Crippen LogP contribution in [0.5, 0.6) is 0 Å². The fraction of sp³-hybridized carbons (Fsp3) is 0.500. The molecule has 1 aromatic heterocycles. The molecular weight excluding hydrogens is 376 g/mol. The van der Waals surface area contributed by atoms with Crippen molar-refractivity contribution in [3.63, 3.8) is 0 Å². The number of unbranched alkanes of at least 4 members (excludes halogenated alkanes) is 1. The Bertz CT molecular complexity index is 828. The van der Waals surface area contributed by atoms with Crippen molar-refractivity contribution < 1.29 is 9.59 Å². The van der Waals surface area contributed by atoms with Gasteiger partial charge in [0.15, 0.2) is 0 Å². The van der Waals surface area contributed by atoms with E-state index in [0.29, 0.717) is 19.6 Å². The van der Waals surface area contributed by atoms with Crippen LogP contribution in [0.1, 0.15) is 44.9 Å². The minimum atomic E-state index is -0.236. The number of urea groups is 1. The lowest BCUT2D eigenvalue weighted by Crippen LogP contribution is -2.46. The van der Waals surface area contributed by atoms with Gasteiger partial charge in [0.1, 0.15) is 6.54 Å². The Hall–Kier alpha value is -2.76. The number of amides is 3. The van der Waals surface area contributed by atoms with Gasteiger partial charge in [0.2, 0.25) is 5.91 Å². The van der Waals surface area contributed by atoms with Gasteiger partial charge < -0.3 is 19.7 Å². The number of hydrogen-bond acceptors (Lipinski definition) is 2. The van der Waals surface area contributed by atoms with E-state index in [1.165, 1.54) is 0 Å². The maximum atomic E-state index is 13.2. The second-order valence-electron chi connectivity index (χ2n) is 8.30. The number of aromatic nitrogens is 1. The molecule has 0 radical (unpaired) electrons. The summed E-state index contributed by atoms with van der Waals surface area (Å²) < 4.78 is 2.03. The molecule has 0 saturated heterocycles. The quantitative estimate of drug-likeness (QED) is 0.617. The zero-order chi connectivity index (χ0) is 22.1. The molecule has 0 aliphatic rings. The molecule has 0 atom stereocenters. The highest BCUT2D eigenvalue weighted by atomic mass is 16.2. The molecular formula is C24H36N4O2. The van der Waals surface area contributed by atoms with E-state index >= 15 is 0 Å². The Balaban J connectivity index is 2.13. The van der Waals surface area contributed by atoms with E-state index in [4.69, 9.17) is 0 Å². The van der Waals surface area contributed by atoms with Crippen LogP contribution in [0, 0.1) is 12.8 Å². The summed E-state index contributed by atoms with van der Waals surface area (Å²) >= 11 is 0. The standard InChI is InChI=1S/C24H36N4O2/c1-6-7-15-27(17-21-12-10-14-26(21)5)23(29)18-28(16-19(2)3)24(30)25-22-13-9-8-11-20(22)4/h8-14,19H,6-7,15-18H2,1-5H3,(H,25,30). The van der Waals surface area contributed by atoms with Gasteiger partial charge in [-0.3, -0.25) is 4.79 Å². The number of hydrogen-bond donors (Lipinski definition) is 1. The summed E-state index contributed by atoms with van der Waals surface area (Å²) in [6.07, 6.45) is 3.94. The van der Waals surface area contributed by atoms with Crippen LogP contribution in [-0.2, 0) is 18.4 Å². The van der Waals surface area contributed by atoms with Gasteiger partial charge in [-0.1, -0.05) is 45.4 Å².